The number of hydrogen-bond acceptors (Lipinski definition) is 1. The van der Waals surface area contributed by atoms with Crippen LogP contribution in [-0.4, -0.2) is 25.1 Å². The van der Waals surface area contributed by atoms with Gasteiger partial charge in [-0.2, -0.15) is 0 Å². The Kier molecular flexibility index (Phi) is 5.37. The van der Waals surface area contributed by atoms with Crippen molar-refractivity contribution in [1.82, 2.24) is 0 Å². The highest BCUT2D eigenvalue weighted by molar-refractivity contribution is 7.40. The van der Waals surface area contributed by atoms with Crippen molar-refractivity contribution in [3.05, 3.63) is 0 Å². The molecule has 0 aromatic rings. The third-order valence-corrected chi connectivity index (χ3v) is 4.58. The highest BCUT2D eigenvalue weighted by Gasteiger charge is 1.91. The molecule has 0 amide bonds. The van der Waals surface area contributed by atoms with E-state index in [1.807, 2.05) is 0 Å². The maximum absolute atomic E-state index is 9.98. The summed E-state index contributed by atoms with van der Waals surface area (Å²) in [5.41, 5.74) is 0. The molecule has 42 valence electrons. The van der Waals surface area contributed by atoms with Crippen LogP contribution in [0.3, 0.4) is 0 Å². The van der Waals surface area contributed by atoms with Crippen molar-refractivity contribution in [2.45, 2.75) is 12.2 Å². The minimum absolute atomic E-state index is 0.143. The average molecular weight is 136 g/mol. The van der Waals surface area contributed by atoms with E-state index >= 15 is 0 Å². The van der Waals surface area contributed by atoms with Gasteiger partial charge in [0.25, 0.3) is 0 Å². The minimum atomic E-state index is -2.09. The molecule has 1 N–H and O–H groups in total. The standard InChI is InChI=1S/C2H5.CH4O2P.Al.H/c1-2;1-4(2)3;;/h1H2,2H3;4H,1H2,(H,2,3);;. The van der Waals surface area contributed by atoms with Gasteiger partial charge in [-0.15, -0.1) is 0 Å². The van der Waals surface area contributed by atoms with E-state index in [-0.39, 0.29) is 15.2 Å². The van der Waals surface area contributed by atoms with E-state index in [1.54, 1.807) is 0 Å². The van der Waals surface area contributed by atoms with E-state index in [4.69, 9.17) is 4.89 Å². The summed E-state index contributed by atoms with van der Waals surface area (Å²) < 4.78 is 9.98. The first kappa shape index (κ1) is 7.72. The molecule has 7 heavy (non-hydrogen) atoms. The first-order valence-electron chi connectivity index (χ1n) is 2.49. The monoisotopic (exact) mass is 136 g/mol. The van der Waals surface area contributed by atoms with Gasteiger partial charge in [-0.05, 0) is 5.02 Å². The lowest BCUT2D eigenvalue weighted by Crippen LogP contribution is -1.88. The summed E-state index contributed by atoms with van der Waals surface area (Å²) in [6.07, 6.45) is 0. The van der Waals surface area contributed by atoms with Gasteiger partial charge < -0.3 is 4.89 Å². The van der Waals surface area contributed by atoms with Crippen molar-refractivity contribution in [1.29, 1.82) is 0 Å². The molecule has 0 aliphatic rings. The van der Waals surface area contributed by atoms with Crippen LogP contribution < -0.4 is 0 Å². The minimum Gasteiger partial charge on any atom is -0.347 e. The first-order chi connectivity index (χ1) is 3.27. The van der Waals surface area contributed by atoms with Crippen LogP contribution in [0.1, 0.15) is 6.92 Å². The fraction of sp³-hybridized carbons (Fsp3) is 1.00. The Bertz CT molecular complexity index is 66.0. The summed E-state index contributed by atoms with van der Waals surface area (Å²) >= 11 is -0.143. The maximum atomic E-state index is 9.98. The molecule has 1 atom stereocenters. The average Bonchev–Trinajstić information content (AvgIpc) is 1.61. The fourth-order valence-corrected chi connectivity index (χ4v) is 2.95. The van der Waals surface area contributed by atoms with Crippen LogP contribution in [0.15, 0.2) is 0 Å². The van der Waals surface area contributed by atoms with Crippen molar-refractivity contribution < 1.29 is 9.46 Å². The molecule has 0 bridgehead atoms. The molecule has 4 heteroatoms. The van der Waals surface area contributed by atoms with Crippen LogP contribution in [0, 0.1) is 0 Å². The zero-order valence-electron chi connectivity index (χ0n) is 4.48. The third-order valence-electron chi connectivity index (χ3n) is 0.744. The predicted octanol–water partition coefficient (Wildman–Crippen LogP) is 0.286. The highest BCUT2D eigenvalue weighted by Crippen LogP contribution is 2.09. The Morgan fingerprint density at radius 1 is 1.86 bits per heavy atom. The molecular weight excluding hydrogens is 126 g/mol. The van der Waals surface area contributed by atoms with Gasteiger partial charge in [-0.3, -0.25) is 4.57 Å². The second-order valence-electron chi connectivity index (χ2n) is 1.50. The molecule has 0 spiro atoms. The van der Waals surface area contributed by atoms with Gasteiger partial charge in [0, 0.05) is 0 Å². The molecule has 2 nitrogen and oxygen atoms in total. The van der Waals surface area contributed by atoms with Crippen LogP contribution in [0.2, 0.25) is 5.28 Å². The van der Waals surface area contributed by atoms with Crippen LogP contribution in [0.25, 0.3) is 0 Å². The largest absolute Gasteiger partial charge is 0.347 e. The summed E-state index contributed by atoms with van der Waals surface area (Å²) in [7, 11) is -2.09. The Morgan fingerprint density at radius 2 is 2.43 bits per heavy atom. The molecule has 0 radical (unpaired) electrons. The lowest BCUT2D eigenvalue weighted by atomic mass is 11.0. The Morgan fingerprint density at radius 3 is 2.57 bits per heavy atom. The van der Waals surface area contributed by atoms with E-state index < -0.39 is 8.03 Å². The van der Waals surface area contributed by atoms with Gasteiger partial charge in [-0.25, -0.2) is 0 Å². The Labute approximate surface area is 50.5 Å². The third kappa shape index (κ3) is 6.72. The Hall–Kier alpha value is 0.722. The van der Waals surface area contributed by atoms with E-state index in [0.29, 0.717) is 5.02 Å². The summed E-state index contributed by atoms with van der Waals surface area (Å²) in [6.45, 7) is 2.07. The van der Waals surface area contributed by atoms with E-state index in [9.17, 15) is 4.57 Å². The van der Waals surface area contributed by atoms with E-state index in [0.717, 1.165) is 5.28 Å². The smallest absolute Gasteiger partial charge is 0.250 e. The molecule has 0 aliphatic heterocycles. The van der Waals surface area contributed by atoms with Crippen molar-refractivity contribution in [3.8, 4) is 0 Å². The van der Waals surface area contributed by atoms with Gasteiger partial charge in [-0.1, -0.05) is 12.2 Å². The van der Waals surface area contributed by atoms with Gasteiger partial charge in [0.1, 0.15) is 0 Å². The second kappa shape index (κ2) is 4.87. The van der Waals surface area contributed by atoms with E-state index in [2.05, 4.69) is 6.92 Å². The SMILES string of the molecule is C[CH2][AlH][CH2][PH](=O)O. The van der Waals surface area contributed by atoms with Gasteiger partial charge in [0.05, 0.1) is 0 Å². The van der Waals surface area contributed by atoms with Crippen LogP contribution in [0.4, 0.5) is 0 Å². The van der Waals surface area contributed by atoms with Crippen molar-refractivity contribution in [3.63, 3.8) is 0 Å². The maximum Gasteiger partial charge on any atom is 0.250 e. The van der Waals surface area contributed by atoms with Gasteiger partial charge in [0.2, 0.25) is 15.2 Å². The second-order valence-corrected chi connectivity index (χ2v) is 5.99. The lowest BCUT2D eigenvalue weighted by molar-refractivity contribution is 0.507. The zero-order valence-corrected chi connectivity index (χ0v) is 6.89. The summed E-state index contributed by atoms with van der Waals surface area (Å²) in [5.74, 6) is 0. The zero-order chi connectivity index (χ0) is 5.70. The van der Waals surface area contributed by atoms with Crippen LogP contribution in [-0.2, 0) is 4.57 Å². The molecule has 0 rings (SSSR count). The highest BCUT2D eigenvalue weighted by atomic mass is 31.1. The van der Waals surface area contributed by atoms with Gasteiger partial charge in [0.15, 0.2) is 8.03 Å². The topological polar surface area (TPSA) is 37.3 Å². The molecule has 0 heterocycles. The Balaban J connectivity index is 2.82. The predicted molar refractivity (Wildman–Crippen MR) is 33.7 cm³/mol. The molecule has 0 aliphatic carbocycles. The van der Waals surface area contributed by atoms with E-state index in [1.165, 1.54) is 0 Å². The van der Waals surface area contributed by atoms with Crippen molar-refractivity contribution >= 4 is 23.2 Å². The molecule has 0 saturated heterocycles. The molecule has 0 aromatic heterocycles. The number of rotatable bonds is 3. The summed E-state index contributed by atoms with van der Waals surface area (Å²) in [6, 6.07) is 0. The first-order valence-corrected chi connectivity index (χ1v) is 6.05. The quantitative estimate of drug-likeness (QED) is 0.447. The van der Waals surface area contributed by atoms with Crippen LogP contribution in [0.5, 0.6) is 0 Å². The lowest BCUT2D eigenvalue weighted by Gasteiger charge is -1.83. The summed E-state index contributed by atoms with van der Waals surface area (Å²) in [4.78, 5) is 8.26. The van der Waals surface area contributed by atoms with Crippen molar-refractivity contribution in [2.75, 3.05) is 5.02 Å². The summed E-state index contributed by atoms with van der Waals surface area (Å²) in [5, 5.41) is 1.79. The van der Waals surface area contributed by atoms with Crippen molar-refractivity contribution in [2.24, 2.45) is 0 Å². The van der Waals surface area contributed by atoms with Crippen LogP contribution >= 0.6 is 8.03 Å². The molecule has 0 saturated carbocycles. The molecule has 0 fully saturated rings. The molecule has 0 aromatic carbocycles. The van der Waals surface area contributed by atoms with Gasteiger partial charge >= 0.3 is 0 Å². The molecular formula is C3H10AlO2P. The molecule has 1 unspecified atom stereocenters. The normalized spacial score (nSPS) is 13.4. The number of hydrogen-bond donors (Lipinski definition) is 1. The fourth-order valence-electron chi connectivity index (χ4n) is 0.328.